The van der Waals surface area contributed by atoms with E-state index >= 15 is 0 Å². The van der Waals surface area contributed by atoms with E-state index in [0.29, 0.717) is 42.8 Å². The van der Waals surface area contributed by atoms with E-state index in [1.54, 1.807) is 52.5 Å². The van der Waals surface area contributed by atoms with E-state index in [9.17, 15) is 14.4 Å². The first-order chi connectivity index (χ1) is 18.0. The molecule has 2 saturated heterocycles. The molecule has 1 atom stereocenters. The first kappa shape index (κ1) is 24.8. The van der Waals surface area contributed by atoms with E-state index in [1.165, 1.54) is 5.56 Å². The summed E-state index contributed by atoms with van der Waals surface area (Å²) in [6, 6.07) is 19.4. The van der Waals surface area contributed by atoms with Crippen molar-refractivity contribution in [2.45, 2.75) is 44.5 Å². The van der Waals surface area contributed by atoms with E-state index in [-0.39, 0.29) is 30.9 Å². The van der Waals surface area contributed by atoms with Gasteiger partial charge in [-0.2, -0.15) is 0 Å². The van der Waals surface area contributed by atoms with E-state index in [2.05, 4.69) is 12.2 Å². The standard InChI is InChI=1S/C29H31N3O5/c1-2-21-10-12-23(13-11-21)27(34)31-16-14-29(15-17-31)32(28(35)22-7-4-3-5-8-22)25(20-37-29)26(33)30-19-24-9-6-18-36-24/h3-13,18,25H,2,14-17,19-20H2,1H3,(H,30,33). The lowest BCUT2D eigenvalue weighted by Gasteiger charge is -2.44. The average Bonchev–Trinajstić information content (AvgIpc) is 3.60. The number of rotatable bonds is 6. The molecule has 2 aromatic carbocycles. The number of nitrogens with one attached hydrogen (secondary N) is 1. The van der Waals surface area contributed by atoms with Crippen LogP contribution in [0.1, 0.15) is 51.8 Å². The van der Waals surface area contributed by atoms with Crippen LogP contribution in [-0.4, -0.2) is 59.0 Å². The van der Waals surface area contributed by atoms with Crippen LogP contribution in [0.25, 0.3) is 0 Å². The van der Waals surface area contributed by atoms with Crippen LogP contribution in [-0.2, 0) is 22.5 Å². The van der Waals surface area contributed by atoms with Crippen molar-refractivity contribution in [3.8, 4) is 0 Å². The SMILES string of the molecule is CCc1ccc(C(=O)N2CCC3(CC2)OCC(C(=O)NCc2ccco2)N3C(=O)c2ccccc2)cc1. The van der Waals surface area contributed by atoms with Crippen molar-refractivity contribution < 1.29 is 23.5 Å². The Morgan fingerprint density at radius 2 is 1.62 bits per heavy atom. The summed E-state index contributed by atoms with van der Waals surface area (Å²) in [5.41, 5.74) is 1.36. The molecule has 2 aliphatic heterocycles. The molecule has 8 nitrogen and oxygen atoms in total. The highest BCUT2D eigenvalue weighted by Crippen LogP contribution is 2.39. The monoisotopic (exact) mass is 501 g/mol. The van der Waals surface area contributed by atoms with E-state index < -0.39 is 11.8 Å². The summed E-state index contributed by atoms with van der Waals surface area (Å²) in [6.45, 7) is 3.24. The molecule has 1 unspecified atom stereocenters. The topological polar surface area (TPSA) is 92.1 Å². The van der Waals surface area contributed by atoms with Crippen molar-refractivity contribution in [3.05, 3.63) is 95.4 Å². The molecular formula is C29H31N3O5. The average molecular weight is 502 g/mol. The number of furan rings is 1. The van der Waals surface area contributed by atoms with Crippen LogP contribution in [0.15, 0.2) is 77.4 Å². The molecule has 3 amide bonds. The zero-order valence-corrected chi connectivity index (χ0v) is 20.9. The Labute approximate surface area is 216 Å². The van der Waals surface area contributed by atoms with Gasteiger partial charge in [-0.3, -0.25) is 19.3 Å². The molecule has 0 radical (unpaired) electrons. The molecular weight excluding hydrogens is 470 g/mol. The number of aryl methyl sites for hydroxylation is 1. The molecule has 1 N–H and O–H groups in total. The van der Waals surface area contributed by atoms with Gasteiger partial charge in [-0.15, -0.1) is 0 Å². The molecule has 0 saturated carbocycles. The summed E-state index contributed by atoms with van der Waals surface area (Å²) in [7, 11) is 0. The number of carbonyl (C=O) groups is 3. The number of hydrogen-bond acceptors (Lipinski definition) is 5. The number of carbonyl (C=O) groups excluding carboxylic acids is 3. The second kappa shape index (κ2) is 10.6. The van der Waals surface area contributed by atoms with Crippen molar-refractivity contribution in [2.75, 3.05) is 19.7 Å². The number of ether oxygens (including phenoxy) is 1. The molecule has 2 aliphatic rings. The minimum Gasteiger partial charge on any atom is -0.467 e. The van der Waals surface area contributed by atoms with Crippen molar-refractivity contribution in [1.82, 2.24) is 15.1 Å². The Hall–Kier alpha value is -3.91. The van der Waals surface area contributed by atoms with Gasteiger partial charge in [0, 0.05) is 37.1 Å². The van der Waals surface area contributed by atoms with Crippen LogP contribution in [0.5, 0.6) is 0 Å². The summed E-state index contributed by atoms with van der Waals surface area (Å²) in [4.78, 5) is 43.5. The molecule has 5 rings (SSSR count). The number of amides is 3. The van der Waals surface area contributed by atoms with Crippen LogP contribution in [0.4, 0.5) is 0 Å². The second-order valence-electron chi connectivity index (χ2n) is 9.45. The highest BCUT2D eigenvalue weighted by Gasteiger charge is 2.54. The van der Waals surface area contributed by atoms with Crippen molar-refractivity contribution in [2.24, 2.45) is 0 Å². The van der Waals surface area contributed by atoms with Crippen LogP contribution < -0.4 is 5.32 Å². The first-order valence-electron chi connectivity index (χ1n) is 12.7. The Morgan fingerprint density at radius 1 is 0.919 bits per heavy atom. The number of likely N-dealkylation sites (tertiary alicyclic amines) is 1. The molecule has 192 valence electrons. The normalized spacial score (nSPS) is 18.7. The molecule has 37 heavy (non-hydrogen) atoms. The fourth-order valence-electron chi connectivity index (χ4n) is 5.12. The molecule has 1 spiro atoms. The maximum absolute atomic E-state index is 13.7. The zero-order valence-electron chi connectivity index (χ0n) is 20.9. The fourth-order valence-corrected chi connectivity index (χ4v) is 5.12. The summed E-state index contributed by atoms with van der Waals surface area (Å²) < 4.78 is 11.6. The number of nitrogens with zero attached hydrogens (tertiary/aromatic N) is 2. The quantitative estimate of drug-likeness (QED) is 0.557. The molecule has 1 aromatic heterocycles. The zero-order chi connectivity index (χ0) is 25.8. The molecule has 8 heteroatoms. The van der Waals surface area contributed by atoms with Crippen LogP contribution in [0, 0.1) is 0 Å². The van der Waals surface area contributed by atoms with E-state index in [1.807, 2.05) is 30.3 Å². The third-order valence-electron chi connectivity index (χ3n) is 7.26. The van der Waals surface area contributed by atoms with Crippen LogP contribution in [0.3, 0.4) is 0 Å². The van der Waals surface area contributed by atoms with E-state index in [0.717, 1.165) is 6.42 Å². The van der Waals surface area contributed by atoms with E-state index in [4.69, 9.17) is 9.15 Å². The van der Waals surface area contributed by atoms with Crippen molar-refractivity contribution in [1.29, 1.82) is 0 Å². The van der Waals surface area contributed by atoms with Gasteiger partial charge in [0.1, 0.15) is 17.5 Å². The van der Waals surface area contributed by atoms with Crippen LogP contribution in [0.2, 0.25) is 0 Å². The van der Waals surface area contributed by atoms with Gasteiger partial charge in [-0.05, 0) is 48.4 Å². The number of benzene rings is 2. The lowest BCUT2D eigenvalue weighted by Crippen LogP contribution is -2.59. The molecule has 0 aliphatic carbocycles. The largest absolute Gasteiger partial charge is 0.467 e. The third-order valence-corrected chi connectivity index (χ3v) is 7.26. The smallest absolute Gasteiger partial charge is 0.256 e. The van der Waals surface area contributed by atoms with Gasteiger partial charge in [0.15, 0.2) is 0 Å². The lowest BCUT2D eigenvalue weighted by atomic mass is 9.96. The Morgan fingerprint density at radius 3 is 2.27 bits per heavy atom. The molecule has 0 bridgehead atoms. The minimum atomic E-state index is -0.956. The van der Waals surface area contributed by atoms with Crippen molar-refractivity contribution in [3.63, 3.8) is 0 Å². The second-order valence-corrected chi connectivity index (χ2v) is 9.45. The van der Waals surface area contributed by atoms with Gasteiger partial charge in [-0.25, -0.2) is 0 Å². The number of hydrogen-bond donors (Lipinski definition) is 1. The third kappa shape index (κ3) is 5.02. The summed E-state index contributed by atoms with van der Waals surface area (Å²) in [5, 5.41) is 2.87. The predicted molar refractivity (Wildman–Crippen MR) is 137 cm³/mol. The molecule has 3 aromatic rings. The summed E-state index contributed by atoms with van der Waals surface area (Å²) in [6.07, 6.45) is 3.31. The first-order valence-corrected chi connectivity index (χ1v) is 12.7. The predicted octanol–water partition coefficient (Wildman–Crippen LogP) is 3.63. The maximum atomic E-state index is 13.7. The van der Waals surface area contributed by atoms with Gasteiger partial charge in [-0.1, -0.05) is 37.3 Å². The van der Waals surface area contributed by atoms with Gasteiger partial charge >= 0.3 is 0 Å². The fraction of sp³-hybridized carbons (Fsp3) is 0.345. The number of piperidine rings is 1. The summed E-state index contributed by atoms with van der Waals surface area (Å²) in [5.74, 6) is 0.0316. The van der Waals surface area contributed by atoms with Crippen molar-refractivity contribution >= 4 is 17.7 Å². The van der Waals surface area contributed by atoms with Gasteiger partial charge in [0.05, 0.1) is 19.4 Å². The molecule has 3 heterocycles. The Balaban J connectivity index is 1.34. The Bertz CT molecular complexity index is 1230. The maximum Gasteiger partial charge on any atom is 0.256 e. The minimum absolute atomic E-state index is 0.0378. The highest BCUT2D eigenvalue weighted by molar-refractivity contribution is 5.98. The molecule has 2 fully saturated rings. The highest BCUT2D eigenvalue weighted by atomic mass is 16.5. The van der Waals surface area contributed by atoms with Crippen LogP contribution >= 0.6 is 0 Å². The Kier molecular flexibility index (Phi) is 7.10. The van der Waals surface area contributed by atoms with Gasteiger partial charge < -0.3 is 19.4 Å². The summed E-state index contributed by atoms with van der Waals surface area (Å²) >= 11 is 0. The van der Waals surface area contributed by atoms with Gasteiger partial charge in [0.2, 0.25) is 5.91 Å². The van der Waals surface area contributed by atoms with Gasteiger partial charge in [0.25, 0.3) is 11.8 Å². The lowest BCUT2D eigenvalue weighted by molar-refractivity contribution is -0.128.